The molecule has 5 nitrogen and oxygen atoms in total. The second kappa shape index (κ2) is 7.32. The van der Waals surface area contributed by atoms with E-state index in [1.807, 2.05) is 39.0 Å². The lowest BCUT2D eigenvalue weighted by atomic mass is 9.92. The van der Waals surface area contributed by atoms with Crippen LogP contribution in [0.5, 0.6) is 0 Å². The van der Waals surface area contributed by atoms with Gasteiger partial charge in [-0.2, -0.15) is 0 Å². The van der Waals surface area contributed by atoms with E-state index >= 15 is 0 Å². The summed E-state index contributed by atoms with van der Waals surface area (Å²) in [5.41, 5.74) is 0.779. The van der Waals surface area contributed by atoms with Crippen molar-refractivity contribution in [3.8, 4) is 0 Å². The van der Waals surface area contributed by atoms with Crippen molar-refractivity contribution in [1.29, 1.82) is 0 Å². The summed E-state index contributed by atoms with van der Waals surface area (Å²) >= 11 is 0. The molecule has 1 fully saturated rings. The van der Waals surface area contributed by atoms with Crippen molar-refractivity contribution in [2.24, 2.45) is 5.92 Å². The molecule has 1 aromatic carbocycles. The van der Waals surface area contributed by atoms with Gasteiger partial charge in [0, 0.05) is 37.6 Å². The number of carboxylic acid groups (broad SMARTS) is 1. The Bertz CT molecular complexity index is 513. The van der Waals surface area contributed by atoms with E-state index in [4.69, 9.17) is 0 Å². The van der Waals surface area contributed by atoms with Gasteiger partial charge in [0.1, 0.15) is 0 Å². The fourth-order valence-corrected chi connectivity index (χ4v) is 3.13. The molecule has 23 heavy (non-hydrogen) atoms. The second-order valence-corrected chi connectivity index (χ2v) is 7.40. The predicted octanol–water partition coefficient (Wildman–Crippen LogP) is 2.65. The Morgan fingerprint density at radius 3 is 2.52 bits per heavy atom. The lowest BCUT2D eigenvalue weighted by Crippen LogP contribution is -2.53. The number of aliphatic hydroxyl groups excluding tert-OH is 1. The molecule has 0 saturated carbocycles. The van der Waals surface area contributed by atoms with Crippen LogP contribution in [0.4, 0.5) is 4.79 Å². The van der Waals surface area contributed by atoms with Crippen LogP contribution in [0.2, 0.25) is 0 Å². The van der Waals surface area contributed by atoms with E-state index in [1.165, 1.54) is 10.5 Å². The molecule has 1 aromatic rings. The Kier molecular flexibility index (Phi) is 5.65. The first-order valence-corrected chi connectivity index (χ1v) is 8.22. The summed E-state index contributed by atoms with van der Waals surface area (Å²) in [5.74, 6) is -0.0530. The highest BCUT2D eigenvalue weighted by Crippen LogP contribution is 2.23. The monoisotopic (exact) mass is 320 g/mol. The lowest BCUT2D eigenvalue weighted by molar-refractivity contribution is -0.00407. The quantitative estimate of drug-likeness (QED) is 0.895. The van der Waals surface area contributed by atoms with Gasteiger partial charge >= 0.3 is 6.09 Å². The van der Waals surface area contributed by atoms with Crippen LogP contribution in [0.3, 0.4) is 0 Å². The highest BCUT2D eigenvalue weighted by Gasteiger charge is 2.34. The van der Waals surface area contributed by atoms with Crippen LogP contribution in [0.1, 0.15) is 32.8 Å². The summed E-state index contributed by atoms with van der Waals surface area (Å²) in [7, 11) is 0. The van der Waals surface area contributed by atoms with Gasteiger partial charge in [0.2, 0.25) is 0 Å². The highest BCUT2D eigenvalue weighted by atomic mass is 16.4. The van der Waals surface area contributed by atoms with Crippen LogP contribution in [0.25, 0.3) is 0 Å². The molecule has 2 N–H and O–H groups in total. The Morgan fingerprint density at radius 1 is 1.30 bits per heavy atom. The molecule has 1 saturated heterocycles. The largest absolute Gasteiger partial charge is 0.465 e. The Labute approximate surface area is 138 Å². The van der Waals surface area contributed by atoms with Crippen LogP contribution in [0, 0.1) is 5.92 Å². The third kappa shape index (κ3) is 4.94. The number of hydrogen-bond acceptors (Lipinski definition) is 3. The molecule has 2 rings (SSSR count). The van der Waals surface area contributed by atoms with E-state index in [0.717, 1.165) is 19.6 Å². The molecule has 0 radical (unpaired) electrons. The summed E-state index contributed by atoms with van der Waals surface area (Å²) in [6.45, 7) is 8.43. The van der Waals surface area contributed by atoms with Gasteiger partial charge in [0.05, 0.1) is 6.10 Å². The molecular weight excluding hydrogens is 292 g/mol. The maximum atomic E-state index is 11.5. The number of carbonyl (C=O) groups is 1. The van der Waals surface area contributed by atoms with E-state index in [0.29, 0.717) is 13.0 Å². The summed E-state index contributed by atoms with van der Waals surface area (Å²) in [5, 5.41) is 19.8. The molecule has 1 amide bonds. The smallest absolute Gasteiger partial charge is 0.407 e. The van der Waals surface area contributed by atoms with Gasteiger partial charge in [-0.15, -0.1) is 0 Å². The molecule has 1 aliphatic rings. The van der Waals surface area contributed by atoms with Gasteiger partial charge in [-0.05, 0) is 32.8 Å². The second-order valence-electron chi connectivity index (χ2n) is 7.40. The zero-order chi connectivity index (χ0) is 17.0. The van der Waals surface area contributed by atoms with Crippen LogP contribution >= 0.6 is 0 Å². The molecule has 1 heterocycles. The van der Waals surface area contributed by atoms with Gasteiger partial charge in [-0.3, -0.25) is 4.90 Å². The van der Waals surface area contributed by atoms with E-state index in [1.54, 1.807) is 0 Å². The summed E-state index contributed by atoms with van der Waals surface area (Å²) in [6, 6.07) is 10.2. The minimum Gasteiger partial charge on any atom is -0.465 e. The molecule has 0 unspecified atom stereocenters. The van der Waals surface area contributed by atoms with Gasteiger partial charge in [0.15, 0.2) is 0 Å². The maximum absolute atomic E-state index is 11.5. The molecule has 0 spiro atoms. The zero-order valence-electron chi connectivity index (χ0n) is 14.3. The lowest BCUT2D eigenvalue weighted by Gasteiger charge is -2.41. The molecule has 5 heteroatoms. The predicted molar refractivity (Wildman–Crippen MR) is 90.3 cm³/mol. The Balaban J connectivity index is 2.01. The number of hydrogen-bond donors (Lipinski definition) is 2. The summed E-state index contributed by atoms with van der Waals surface area (Å²) in [4.78, 5) is 15.3. The van der Waals surface area contributed by atoms with E-state index in [2.05, 4.69) is 17.0 Å². The third-order valence-electron chi connectivity index (χ3n) is 4.48. The van der Waals surface area contributed by atoms with Gasteiger partial charge < -0.3 is 15.1 Å². The molecule has 0 aliphatic carbocycles. The normalized spacial score (nSPS) is 22.8. The number of amides is 1. The van der Waals surface area contributed by atoms with Crippen molar-refractivity contribution in [2.45, 2.75) is 45.4 Å². The van der Waals surface area contributed by atoms with Crippen molar-refractivity contribution in [1.82, 2.24) is 9.80 Å². The Morgan fingerprint density at radius 2 is 1.96 bits per heavy atom. The van der Waals surface area contributed by atoms with Crippen molar-refractivity contribution in [3.05, 3.63) is 35.9 Å². The highest BCUT2D eigenvalue weighted by molar-refractivity contribution is 5.66. The van der Waals surface area contributed by atoms with Crippen molar-refractivity contribution >= 4 is 6.09 Å². The first kappa shape index (κ1) is 17.8. The van der Waals surface area contributed by atoms with Crippen LogP contribution in [0.15, 0.2) is 30.3 Å². The van der Waals surface area contributed by atoms with Gasteiger partial charge in [0.25, 0.3) is 0 Å². The fourth-order valence-electron chi connectivity index (χ4n) is 3.13. The molecule has 0 aromatic heterocycles. The summed E-state index contributed by atoms with van der Waals surface area (Å²) in [6.07, 6.45) is -0.675. The minimum absolute atomic E-state index is 0.0530. The number of piperidine rings is 1. The zero-order valence-corrected chi connectivity index (χ0v) is 14.3. The van der Waals surface area contributed by atoms with Crippen LogP contribution < -0.4 is 0 Å². The Hall–Kier alpha value is -1.59. The number of benzene rings is 1. The number of aliphatic hydroxyl groups is 1. The van der Waals surface area contributed by atoms with E-state index < -0.39 is 17.7 Å². The summed E-state index contributed by atoms with van der Waals surface area (Å²) < 4.78 is 0. The van der Waals surface area contributed by atoms with E-state index in [9.17, 15) is 15.0 Å². The SMILES string of the molecule is CC(C)(C)N(C[C@@H]1CN(Cc2ccccc2)CC[C@@H]1O)C(=O)O. The van der Waals surface area contributed by atoms with E-state index in [-0.39, 0.29) is 5.92 Å². The topological polar surface area (TPSA) is 64.0 Å². The average Bonchev–Trinajstić information content (AvgIpc) is 2.47. The molecule has 2 atom stereocenters. The van der Waals surface area contributed by atoms with Gasteiger partial charge in [-0.25, -0.2) is 4.79 Å². The molecule has 0 bridgehead atoms. The minimum atomic E-state index is -0.926. The average molecular weight is 320 g/mol. The van der Waals surface area contributed by atoms with Gasteiger partial charge in [-0.1, -0.05) is 30.3 Å². The number of likely N-dealkylation sites (tertiary alicyclic amines) is 1. The van der Waals surface area contributed by atoms with Crippen molar-refractivity contribution in [2.75, 3.05) is 19.6 Å². The number of nitrogens with zero attached hydrogens (tertiary/aromatic N) is 2. The van der Waals surface area contributed by atoms with Crippen LogP contribution in [-0.2, 0) is 6.54 Å². The number of rotatable bonds is 4. The standard InChI is InChI=1S/C18H28N2O3/c1-18(2,3)20(17(22)23)13-15-12-19(10-9-16(15)21)11-14-7-5-4-6-8-14/h4-8,15-16,21H,9-13H2,1-3H3,(H,22,23)/t15-,16-/m0/s1. The van der Waals surface area contributed by atoms with Crippen molar-refractivity contribution < 1.29 is 15.0 Å². The van der Waals surface area contributed by atoms with Crippen LogP contribution in [-0.4, -0.2) is 57.4 Å². The van der Waals surface area contributed by atoms with Crippen molar-refractivity contribution in [3.63, 3.8) is 0 Å². The first-order valence-electron chi connectivity index (χ1n) is 8.22. The molecule has 128 valence electrons. The maximum Gasteiger partial charge on any atom is 0.407 e. The molecular formula is C18H28N2O3. The first-order chi connectivity index (χ1) is 10.8. The fraction of sp³-hybridized carbons (Fsp3) is 0.611. The molecule has 1 aliphatic heterocycles. The third-order valence-corrected chi connectivity index (χ3v) is 4.48.